The second-order valence-electron chi connectivity index (χ2n) is 6.27. The van der Waals surface area contributed by atoms with Crippen LogP contribution in [0.2, 0.25) is 0 Å². The van der Waals surface area contributed by atoms with Gasteiger partial charge in [-0.15, -0.1) is 0 Å². The normalized spacial score (nSPS) is 28.5. The minimum Gasteiger partial charge on any atom is -0.393 e. The smallest absolute Gasteiger partial charge is 0.223 e. The lowest BCUT2D eigenvalue weighted by Crippen LogP contribution is -2.58. The zero-order chi connectivity index (χ0) is 13.9. The molecule has 0 bridgehead atoms. The largest absolute Gasteiger partial charge is 0.393 e. The van der Waals surface area contributed by atoms with Crippen LogP contribution in [0.5, 0.6) is 0 Å². The zero-order valence-corrected chi connectivity index (χ0v) is 12.2. The Bertz CT molecular complexity index is 313. The molecule has 1 spiro atoms. The maximum atomic E-state index is 12.2. The summed E-state index contributed by atoms with van der Waals surface area (Å²) in [5, 5.41) is 12.8. The van der Waals surface area contributed by atoms with E-state index in [1.54, 1.807) is 0 Å². The van der Waals surface area contributed by atoms with Crippen LogP contribution in [-0.4, -0.2) is 36.4 Å². The van der Waals surface area contributed by atoms with E-state index >= 15 is 0 Å². The summed E-state index contributed by atoms with van der Waals surface area (Å²) in [6.45, 7) is 5.51. The molecule has 1 heterocycles. The second kappa shape index (κ2) is 6.23. The Hall–Kier alpha value is -0.610. The number of aliphatic hydroxyl groups is 1. The van der Waals surface area contributed by atoms with Crippen LogP contribution in [0.1, 0.15) is 52.4 Å². The molecule has 1 aliphatic carbocycles. The van der Waals surface area contributed by atoms with Gasteiger partial charge in [0.2, 0.25) is 5.91 Å². The summed E-state index contributed by atoms with van der Waals surface area (Å²) in [6, 6.07) is 0.324. The topological polar surface area (TPSA) is 58.6 Å². The first-order chi connectivity index (χ1) is 9.07. The van der Waals surface area contributed by atoms with E-state index in [9.17, 15) is 9.90 Å². The van der Waals surface area contributed by atoms with Crippen molar-refractivity contribution in [3.63, 3.8) is 0 Å². The first kappa shape index (κ1) is 14.8. The van der Waals surface area contributed by atoms with E-state index in [-0.39, 0.29) is 17.9 Å². The van der Waals surface area contributed by atoms with Crippen molar-refractivity contribution in [2.45, 2.75) is 64.5 Å². The van der Waals surface area contributed by atoms with Gasteiger partial charge in [-0.1, -0.05) is 13.8 Å². The minimum absolute atomic E-state index is 0.100. The van der Waals surface area contributed by atoms with E-state index in [1.807, 2.05) is 13.8 Å². The van der Waals surface area contributed by atoms with Gasteiger partial charge >= 0.3 is 0 Å². The van der Waals surface area contributed by atoms with Crippen molar-refractivity contribution in [2.24, 2.45) is 11.3 Å². The molecule has 4 nitrogen and oxygen atoms in total. The Morgan fingerprint density at radius 2 is 2.11 bits per heavy atom. The van der Waals surface area contributed by atoms with Gasteiger partial charge in [0.05, 0.1) is 6.10 Å². The van der Waals surface area contributed by atoms with Crippen LogP contribution < -0.4 is 5.32 Å². The molecule has 1 aliphatic heterocycles. The van der Waals surface area contributed by atoms with Crippen LogP contribution >= 0.6 is 0 Å². The lowest BCUT2D eigenvalue weighted by Gasteiger charge is -2.52. The van der Waals surface area contributed by atoms with Gasteiger partial charge in [0.1, 0.15) is 0 Å². The molecule has 2 rings (SSSR count). The number of amides is 1. The number of aliphatic hydroxyl groups excluding tert-OH is 1. The average molecular weight is 269 g/mol. The first-order valence-electron chi connectivity index (χ1n) is 7.63. The Morgan fingerprint density at radius 3 is 2.63 bits per heavy atom. The Morgan fingerprint density at radius 1 is 1.42 bits per heavy atom. The molecule has 0 aromatic heterocycles. The molecule has 4 heteroatoms. The van der Waals surface area contributed by atoms with Gasteiger partial charge in [-0.2, -0.15) is 0 Å². The van der Waals surface area contributed by atoms with Crippen molar-refractivity contribution >= 4 is 5.91 Å². The van der Waals surface area contributed by atoms with Gasteiger partial charge in [-0.3, -0.25) is 4.79 Å². The second-order valence-corrected chi connectivity index (χ2v) is 6.27. The van der Waals surface area contributed by atoms with Crippen molar-refractivity contribution < 1.29 is 14.6 Å². The number of hydrogen-bond acceptors (Lipinski definition) is 3. The van der Waals surface area contributed by atoms with Crippen LogP contribution in [0.15, 0.2) is 0 Å². The summed E-state index contributed by atoms with van der Waals surface area (Å²) in [5.41, 5.74) is 0.303. The van der Waals surface area contributed by atoms with E-state index in [0.29, 0.717) is 24.3 Å². The summed E-state index contributed by atoms with van der Waals surface area (Å²) in [7, 11) is 0. The van der Waals surface area contributed by atoms with Crippen molar-refractivity contribution in [2.75, 3.05) is 13.2 Å². The molecule has 2 aliphatic rings. The van der Waals surface area contributed by atoms with Crippen LogP contribution in [-0.2, 0) is 9.53 Å². The molecule has 3 unspecified atom stereocenters. The maximum Gasteiger partial charge on any atom is 0.223 e. The highest BCUT2D eigenvalue weighted by Gasteiger charge is 2.48. The summed E-state index contributed by atoms with van der Waals surface area (Å²) in [6.07, 6.45) is 5.36. The third-order valence-electron chi connectivity index (χ3n) is 5.02. The minimum atomic E-state index is -0.362. The highest BCUT2D eigenvalue weighted by molar-refractivity contribution is 5.78. The van der Waals surface area contributed by atoms with Crippen LogP contribution in [0, 0.1) is 11.3 Å². The van der Waals surface area contributed by atoms with E-state index < -0.39 is 0 Å². The molecular formula is C15H27NO3. The van der Waals surface area contributed by atoms with Crippen molar-refractivity contribution in [3.05, 3.63) is 0 Å². The Kier molecular flexibility index (Phi) is 4.85. The fourth-order valence-electron chi connectivity index (χ4n) is 3.29. The summed E-state index contributed by atoms with van der Waals surface area (Å²) >= 11 is 0. The van der Waals surface area contributed by atoms with Crippen molar-refractivity contribution in [1.29, 1.82) is 0 Å². The number of carbonyl (C=O) groups is 1. The highest BCUT2D eigenvalue weighted by Crippen LogP contribution is 2.48. The standard InChI is InChI=1S/C15H27NO3/c1-3-12(17)10-11(2)14(18)16-13-4-5-15(13)6-8-19-9-7-15/h11-13,17H,3-10H2,1-2H3,(H,16,18). The van der Waals surface area contributed by atoms with Gasteiger partial charge in [0.15, 0.2) is 0 Å². The highest BCUT2D eigenvalue weighted by atomic mass is 16.5. The van der Waals surface area contributed by atoms with Crippen molar-refractivity contribution in [3.8, 4) is 0 Å². The molecule has 1 amide bonds. The lowest BCUT2D eigenvalue weighted by atomic mass is 9.60. The molecule has 0 radical (unpaired) electrons. The lowest BCUT2D eigenvalue weighted by molar-refractivity contribution is -0.131. The van der Waals surface area contributed by atoms with Gasteiger partial charge in [-0.05, 0) is 43.9 Å². The predicted octanol–water partition coefficient (Wildman–Crippen LogP) is 1.86. The van der Waals surface area contributed by atoms with Gasteiger partial charge in [-0.25, -0.2) is 0 Å². The monoisotopic (exact) mass is 269 g/mol. The number of hydrogen-bond donors (Lipinski definition) is 2. The summed E-state index contributed by atoms with van der Waals surface area (Å²) in [5.74, 6) is -0.00416. The average Bonchev–Trinajstić information content (AvgIpc) is 2.43. The molecule has 2 N–H and O–H groups in total. The van der Waals surface area contributed by atoms with Gasteiger partial charge in [0.25, 0.3) is 0 Å². The Labute approximate surface area is 115 Å². The number of nitrogens with one attached hydrogen (secondary N) is 1. The number of ether oxygens (including phenoxy) is 1. The molecule has 1 saturated carbocycles. The first-order valence-corrected chi connectivity index (χ1v) is 7.63. The summed E-state index contributed by atoms with van der Waals surface area (Å²) < 4.78 is 5.42. The van der Waals surface area contributed by atoms with Gasteiger partial charge < -0.3 is 15.2 Å². The molecule has 3 atom stereocenters. The third kappa shape index (κ3) is 3.29. The molecule has 2 fully saturated rings. The van der Waals surface area contributed by atoms with Crippen LogP contribution in [0.3, 0.4) is 0 Å². The zero-order valence-electron chi connectivity index (χ0n) is 12.2. The molecule has 0 aromatic rings. The maximum absolute atomic E-state index is 12.2. The number of carbonyl (C=O) groups excluding carboxylic acids is 1. The number of rotatable bonds is 5. The van der Waals surface area contributed by atoms with E-state index in [2.05, 4.69) is 5.32 Å². The summed E-state index contributed by atoms with van der Waals surface area (Å²) in [4.78, 5) is 12.2. The van der Waals surface area contributed by atoms with E-state index in [4.69, 9.17) is 4.74 Å². The predicted molar refractivity (Wildman–Crippen MR) is 73.7 cm³/mol. The van der Waals surface area contributed by atoms with Crippen LogP contribution in [0.25, 0.3) is 0 Å². The molecule has 110 valence electrons. The molecule has 0 aromatic carbocycles. The van der Waals surface area contributed by atoms with Crippen molar-refractivity contribution in [1.82, 2.24) is 5.32 Å². The van der Waals surface area contributed by atoms with Gasteiger partial charge in [0, 0.05) is 25.2 Å². The molecule has 19 heavy (non-hydrogen) atoms. The van der Waals surface area contributed by atoms with E-state index in [1.165, 1.54) is 6.42 Å². The fourth-order valence-corrected chi connectivity index (χ4v) is 3.29. The van der Waals surface area contributed by atoms with E-state index in [0.717, 1.165) is 32.5 Å². The molecule has 1 saturated heterocycles. The quantitative estimate of drug-likeness (QED) is 0.801. The third-order valence-corrected chi connectivity index (χ3v) is 5.02. The fraction of sp³-hybridized carbons (Fsp3) is 0.933. The Balaban J connectivity index is 1.82. The molecular weight excluding hydrogens is 242 g/mol. The SMILES string of the molecule is CCC(O)CC(C)C(=O)NC1CCC12CCOCC2. The van der Waals surface area contributed by atoms with Crippen LogP contribution in [0.4, 0.5) is 0 Å².